The number of carbonyl (C=O) groups is 1. The lowest BCUT2D eigenvalue weighted by molar-refractivity contribution is -0.117. The van der Waals surface area contributed by atoms with Gasteiger partial charge in [-0.15, -0.1) is 0 Å². The maximum Gasteiger partial charge on any atom is 0.229 e. The number of carbonyl (C=O) groups excluding carboxylic acids is 1. The molecule has 1 aliphatic heterocycles. The standard InChI is InChI=1S/C14H13BrN4O2/c1-2-5-21-12-4-3-9(15)6-10(12)11-7-13(20)18-14-16-8-17-19(11)14/h2-4,6,8,11H,1,5,7H2,(H,16,17,18,20)/t11-/m0/s1. The molecule has 0 fully saturated rings. The molecule has 0 aliphatic carbocycles. The van der Waals surface area contributed by atoms with Crippen molar-refractivity contribution in [2.75, 3.05) is 11.9 Å². The Morgan fingerprint density at radius 3 is 3.24 bits per heavy atom. The number of ether oxygens (including phenoxy) is 1. The van der Waals surface area contributed by atoms with Crippen LogP contribution in [0.4, 0.5) is 5.95 Å². The molecule has 0 unspecified atom stereocenters. The van der Waals surface area contributed by atoms with Crippen LogP contribution in [0.2, 0.25) is 0 Å². The Balaban J connectivity index is 2.06. The number of fused-ring (bicyclic) bond motifs is 1. The van der Waals surface area contributed by atoms with Crippen LogP contribution in [-0.4, -0.2) is 27.3 Å². The minimum absolute atomic E-state index is 0.0878. The maximum absolute atomic E-state index is 11.9. The van der Waals surface area contributed by atoms with Crippen molar-refractivity contribution in [2.24, 2.45) is 0 Å². The van der Waals surface area contributed by atoms with Gasteiger partial charge in [-0.25, -0.2) is 4.68 Å². The summed E-state index contributed by atoms with van der Waals surface area (Å²) < 4.78 is 8.30. The van der Waals surface area contributed by atoms with Gasteiger partial charge >= 0.3 is 0 Å². The van der Waals surface area contributed by atoms with E-state index in [0.29, 0.717) is 18.3 Å². The Bertz CT molecular complexity index is 698. The minimum atomic E-state index is -0.242. The fourth-order valence-corrected chi connectivity index (χ4v) is 2.69. The van der Waals surface area contributed by atoms with Crippen molar-refractivity contribution in [2.45, 2.75) is 12.5 Å². The molecular formula is C14H13BrN4O2. The lowest BCUT2D eigenvalue weighted by Gasteiger charge is -2.25. The fraction of sp³-hybridized carbons (Fsp3) is 0.214. The van der Waals surface area contributed by atoms with Crippen molar-refractivity contribution in [3.05, 3.63) is 47.2 Å². The average Bonchev–Trinajstić information content (AvgIpc) is 2.93. The van der Waals surface area contributed by atoms with Gasteiger partial charge in [-0.05, 0) is 18.2 Å². The van der Waals surface area contributed by atoms with Gasteiger partial charge in [0.05, 0.1) is 12.5 Å². The Morgan fingerprint density at radius 2 is 2.43 bits per heavy atom. The molecule has 1 aliphatic rings. The molecule has 0 saturated heterocycles. The second kappa shape index (κ2) is 5.69. The lowest BCUT2D eigenvalue weighted by Crippen LogP contribution is -2.29. The first kappa shape index (κ1) is 13.8. The van der Waals surface area contributed by atoms with E-state index < -0.39 is 0 Å². The van der Waals surface area contributed by atoms with Crippen LogP contribution in [0.3, 0.4) is 0 Å². The third-order valence-electron chi connectivity index (χ3n) is 3.19. The van der Waals surface area contributed by atoms with Crippen LogP contribution in [0.1, 0.15) is 18.0 Å². The molecule has 1 atom stereocenters. The molecule has 0 radical (unpaired) electrons. The summed E-state index contributed by atoms with van der Waals surface area (Å²) >= 11 is 3.46. The zero-order valence-corrected chi connectivity index (χ0v) is 12.7. The Morgan fingerprint density at radius 1 is 1.57 bits per heavy atom. The molecule has 108 valence electrons. The van der Waals surface area contributed by atoms with Crippen LogP contribution in [0.25, 0.3) is 0 Å². The first-order valence-electron chi connectivity index (χ1n) is 6.41. The van der Waals surface area contributed by atoms with E-state index in [9.17, 15) is 4.79 Å². The van der Waals surface area contributed by atoms with Crippen LogP contribution in [-0.2, 0) is 4.79 Å². The molecule has 7 heteroatoms. The largest absolute Gasteiger partial charge is 0.489 e. The molecule has 1 aromatic carbocycles. The van der Waals surface area contributed by atoms with E-state index >= 15 is 0 Å². The average molecular weight is 349 g/mol. The number of nitrogens with one attached hydrogen (secondary N) is 1. The van der Waals surface area contributed by atoms with E-state index in [2.05, 4.69) is 37.9 Å². The normalized spacial score (nSPS) is 17.0. The molecule has 1 N–H and O–H groups in total. The van der Waals surface area contributed by atoms with Crippen LogP contribution in [0, 0.1) is 0 Å². The number of anilines is 1. The summed E-state index contributed by atoms with van der Waals surface area (Å²) in [4.78, 5) is 15.9. The monoisotopic (exact) mass is 348 g/mol. The van der Waals surface area contributed by atoms with Crippen LogP contribution in [0.5, 0.6) is 5.75 Å². The molecule has 0 spiro atoms. The highest BCUT2D eigenvalue weighted by atomic mass is 79.9. The van der Waals surface area contributed by atoms with E-state index in [-0.39, 0.29) is 18.4 Å². The van der Waals surface area contributed by atoms with E-state index in [4.69, 9.17) is 4.74 Å². The predicted molar refractivity (Wildman–Crippen MR) is 81.2 cm³/mol. The molecular weight excluding hydrogens is 336 g/mol. The van der Waals surface area contributed by atoms with Crippen molar-refractivity contribution in [1.82, 2.24) is 14.8 Å². The highest BCUT2D eigenvalue weighted by Crippen LogP contribution is 2.35. The summed E-state index contributed by atoms with van der Waals surface area (Å²) in [6, 6.07) is 5.46. The van der Waals surface area contributed by atoms with Crippen molar-refractivity contribution in [3.8, 4) is 5.75 Å². The van der Waals surface area contributed by atoms with Gasteiger partial charge in [-0.1, -0.05) is 28.6 Å². The summed E-state index contributed by atoms with van der Waals surface area (Å²) in [6.07, 6.45) is 3.40. The number of rotatable bonds is 4. The quantitative estimate of drug-likeness (QED) is 0.862. The van der Waals surface area contributed by atoms with E-state index in [1.54, 1.807) is 10.8 Å². The summed E-state index contributed by atoms with van der Waals surface area (Å²) in [5.41, 5.74) is 0.882. The number of aromatic nitrogens is 3. The van der Waals surface area contributed by atoms with Gasteiger partial charge in [0.25, 0.3) is 0 Å². The van der Waals surface area contributed by atoms with Gasteiger partial charge in [0.2, 0.25) is 11.9 Å². The van der Waals surface area contributed by atoms with Gasteiger partial charge in [-0.2, -0.15) is 10.1 Å². The van der Waals surface area contributed by atoms with Gasteiger partial charge < -0.3 is 4.74 Å². The zero-order chi connectivity index (χ0) is 14.8. The van der Waals surface area contributed by atoms with Crippen LogP contribution < -0.4 is 10.1 Å². The zero-order valence-electron chi connectivity index (χ0n) is 11.1. The summed E-state index contributed by atoms with van der Waals surface area (Å²) in [7, 11) is 0. The Labute approximate surface area is 130 Å². The van der Waals surface area contributed by atoms with E-state index in [1.807, 2.05) is 18.2 Å². The summed E-state index contributed by atoms with van der Waals surface area (Å²) in [6.45, 7) is 4.05. The molecule has 0 bridgehead atoms. The van der Waals surface area contributed by atoms with Gasteiger partial charge in [0.1, 0.15) is 18.7 Å². The Hall–Kier alpha value is -2.15. The molecule has 1 aromatic heterocycles. The molecule has 2 aromatic rings. The van der Waals surface area contributed by atoms with Crippen molar-refractivity contribution in [1.29, 1.82) is 0 Å². The van der Waals surface area contributed by atoms with Crippen molar-refractivity contribution < 1.29 is 9.53 Å². The summed E-state index contributed by atoms with van der Waals surface area (Å²) in [5, 5.41) is 6.90. The highest BCUT2D eigenvalue weighted by molar-refractivity contribution is 9.10. The second-order valence-electron chi connectivity index (χ2n) is 4.58. The minimum Gasteiger partial charge on any atom is -0.489 e. The fourth-order valence-electron chi connectivity index (χ4n) is 2.31. The van der Waals surface area contributed by atoms with Gasteiger partial charge in [-0.3, -0.25) is 10.1 Å². The molecule has 1 amide bonds. The number of halogens is 1. The highest BCUT2D eigenvalue weighted by Gasteiger charge is 2.29. The topological polar surface area (TPSA) is 69.0 Å². The number of benzene rings is 1. The van der Waals surface area contributed by atoms with Crippen LogP contribution in [0.15, 0.2) is 41.7 Å². The number of hydrogen-bond donors (Lipinski definition) is 1. The van der Waals surface area contributed by atoms with Gasteiger partial charge in [0.15, 0.2) is 0 Å². The van der Waals surface area contributed by atoms with Crippen LogP contribution >= 0.6 is 15.9 Å². The number of hydrogen-bond acceptors (Lipinski definition) is 4. The van der Waals surface area contributed by atoms with E-state index in [0.717, 1.165) is 10.0 Å². The summed E-state index contributed by atoms with van der Waals surface area (Å²) in [5.74, 6) is 1.07. The van der Waals surface area contributed by atoms with E-state index in [1.165, 1.54) is 6.33 Å². The van der Waals surface area contributed by atoms with Crippen molar-refractivity contribution in [3.63, 3.8) is 0 Å². The Kier molecular flexibility index (Phi) is 3.74. The lowest BCUT2D eigenvalue weighted by atomic mass is 10.0. The molecule has 21 heavy (non-hydrogen) atoms. The number of nitrogens with zero attached hydrogens (tertiary/aromatic N) is 3. The van der Waals surface area contributed by atoms with Crippen molar-refractivity contribution >= 4 is 27.8 Å². The second-order valence-corrected chi connectivity index (χ2v) is 5.49. The molecule has 6 nitrogen and oxygen atoms in total. The first-order chi connectivity index (χ1) is 10.2. The maximum atomic E-state index is 11.9. The molecule has 3 rings (SSSR count). The first-order valence-corrected chi connectivity index (χ1v) is 7.21. The number of amides is 1. The smallest absolute Gasteiger partial charge is 0.229 e. The molecule has 0 saturated carbocycles. The molecule has 2 heterocycles. The predicted octanol–water partition coefficient (Wildman–Crippen LogP) is 2.54. The third-order valence-corrected chi connectivity index (χ3v) is 3.68. The van der Waals surface area contributed by atoms with Gasteiger partial charge in [0, 0.05) is 10.0 Å². The third kappa shape index (κ3) is 2.69. The SMILES string of the molecule is C=CCOc1ccc(Br)cc1[C@@H]1CC(=O)Nc2ncnn21.